The highest BCUT2D eigenvalue weighted by atomic mass is 16.5. The third-order valence-corrected chi connectivity index (χ3v) is 2.80. The lowest BCUT2D eigenvalue weighted by molar-refractivity contribution is 0.0950. The number of hydrogen-bond acceptors (Lipinski definition) is 5. The SMILES string of the molecule is COc1ccc(CCNC(=O)c2nccnc2N)cc1. The molecule has 6 nitrogen and oxygen atoms in total. The van der Waals surface area contributed by atoms with E-state index in [1.54, 1.807) is 7.11 Å². The van der Waals surface area contributed by atoms with Crippen molar-refractivity contribution < 1.29 is 9.53 Å². The van der Waals surface area contributed by atoms with Crippen LogP contribution >= 0.6 is 0 Å². The first-order chi connectivity index (χ1) is 9.70. The normalized spacial score (nSPS) is 10.1. The molecule has 0 fully saturated rings. The zero-order valence-corrected chi connectivity index (χ0v) is 11.2. The minimum Gasteiger partial charge on any atom is -0.497 e. The largest absolute Gasteiger partial charge is 0.497 e. The molecule has 1 aromatic heterocycles. The zero-order valence-electron chi connectivity index (χ0n) is 11.2. The number of nitrogens with one attached hydrogen (secondary N) is 1. The number of anilines is 1. The molecule has 0 radical (unpaired) electrons. The number of benzene rings is 1. The Hall–Kier alpha value is -2.63. The average Bonchev–Trinajstić information content (AvgIpc) is 2.48. The summed E-state index contributed by atoms with van der Waals surface area (Å²) in [6, 6.07) is 7.69. The summed E-state index contributed by atoms with van der Waals surface area (Å²) in [6.45, 7) is 0.501. The standard InChI is InChI=1S/C14H16N4O2/c1-20-11-4-2-10(3-5-11)6-7-18-14(19)12-13(15)17-9-8-16-12/h2-5,8-9H,6-7H2,1H3,(H2,15,17)(H,18,19). The quantitative estimate of drug-likeness (QED) is 0.848. The fourth-order valence-electron chi connectivity index (χ4n) is 1.72. The lowest BCUT2D eigenvalue weighted by atomic mass is 10.1. The Balaban J connectivity index is 1.86. The monoisotopic (exact) mass is 272 g/mol. The number of aromatic nitrogens is 2. The van der Waals surface area contributed by atoms with Gasteiger partial charge in [0, 0.05) is 18.9 Å². The molecule has 0 saturated heterocycles. The smallest absolute Gasteiger partial charge is 0.273 e. The second kappa shape index (κ2) is 6.51. The van der Waals surface area contributed by atoms with Gasteiger partial charge in [0.2, 0.25) is 0 Å². The molecule has 0 unspecified atom stereocenters. The Bertz CT molecular complexity index is 584. The van der Waals surface area contributed by atoms with E-state index in [1.807, 2.05) is 24.3 Å². The average molecular weight is 272 g/mol. The lowest BCUT2D eigenvalue weighted by Gasteiger charge is -2.06. The van der Waals surface area contributed by atoms with Gasteiger partial charge in [-0.25, -0.2) is 9.97 Å². The summed E-state index contributed by atoms with van der Waals surface area (Å²) in [6.07, 6.45) is 3.61. The van der Waals surface area contributed by atoms with E-state index in [2.05, 4.69) is 15.3 Å². The second-order valence-corrected chi connectivity index (χ2v) is 4.14. The molecule has 2 aromatic rings. The van der Waals surface area contributed by atoms with Crippen molar-refractivity contribution in [3.05, 3.63) is 47.9 Å². The van der Waals surface area contributed by atoms with Crippen molar-refractivity contribution >= 4 is 11.7 Å². The van der Waals surface area contributed by atoms with Crippen LogP contribution in [0, 0.1) is 0 Å². The van der Waals surface area contributed by atoms with Gasteiger partial charge in [-0.1, -0.05) is 12.1 Å². The summed E-state index contributed by atoms with van der Waals surface area (Å²) in [5.74, 6) is 0.628. The van der Waals surface area contributed by atoms with Crippen LogP contribution in [0.4, 0.5) is 5.82 Å². The van der Waals surface area contributed by atoms with E-state index in [1.165, 1.54) is 12.4 Å². The first-order valence-corrected chi connectivity index (χ1v) is 6.18. The first kappa shape index (κ1) is 13.8. The van der Waals surface area contributed by atoms with Crippen LogP contribution in [0.25, 0.3) is 0 Å². The molecule has 1 heterocycles. The van der Waals surface area contributed by atoms with Crippen LogP contribution in [0.5, 0.6) is 5.75 Å². The highest BCUT2D eigenvalue weighted by Gasteiger charge is 2.10. The van der Waals surface area contributed by atoms with Crippen LogP contribution in [-0.4, -0.2) is 29.5 Å². The van der Waals surface area contributed by atoms with Gasteiger partial charge in [-0.3, -0.25) is 4.79 Å². The van der Waals surface area contributed by atoms with E-state index >= 15 is 0 Å². The number of hydrogen-bond donors (Lipinski definition) is 2. The van der Waals surface area contributed by atoms with Gasteiger partial charge < -0.3 is 15.8 Å². The topological polar surface area (TPSA) is 90.1 Å². The Morgan fingerprint density at radius 2 is 1.95 bits per heavy atom. The Labute approximate surface area is 117 Å². The van der Waals surface area contributed by atoms with Gasteiger partial charge in [0.1, 0.15) is 5.75 Å². The summed E-state index contributed by atoms with van der Waals surface area (Å²) in [5, 5.41) is 2.76. The number of nitrogen functional groups attached to an aromatic ring is 1. The van der Waals surface area contributed by atoms with Gasteiger partial charge in [0.15, 0.2) is 11.5 Å². The molecule has 0 bridgehead atoms. The number of methoxy groups -OCH3 is 1. The van der Waals surface area contributed by atoms with Crippen LogP contribution < -0.4 is 15.8 Å². The van der Waals surface area contributed by atoms with Crippen molar-refractivity contribution in [2.45, 2.75) is 6.42 Å². The number of amides is 1. The van der Waals surface area contributed by atoms with Gasteiger partial charge in [-0.15, -0.1) is 0 Å². The summed E-state index contributed by atoms with van der Waals surface area (Å²) >= 11 is 0. The van der Waals surface area contributed by atoms with Gasteiger partial charge in [0.25, 0.3) is 5.91 Å². The Kier molecular flexibility index (Phi) is 4.49. The first-order valence-electron chi connectivity index (χ1n) is 6.18. The molecule has 0 atom stereocenters. The summed E-state index contributed by atoms with van der Waals surface area (Å²) < 4.78 is 5.08. The summed E-state index contributed by atoms with van der Waals surface area (Å²) in [5.41, 5.74) is 6.85. The highest BCUT2D eigenvalue weighted by molar-refractivity contribution is 5.96. The molecule has 0 spiro atoms. The van der Waals surface area contributed by atoms with E-state index in [-0.39, 0.29) is 17.4 Å². The number of carbonyl (C=O) groups excluding carboxylic acids is 1. The number of ether oxygens (including phenoxy) is 1. The molecule has 0 aliphatic carbocycles. The highest BCUT2D eigenvalue weighted by Crippen LogP contribution is 2.11. The third-order valence-electron chi connectivity index (χ3n) is 2.80. The predicted molar refractivity (Wildman–Crippen MR) is 75.5 cm³/mol. The molecule has 6 heteroatoms. The van der Waals surface area contributed by atoms with Crippen LogP contribution in [0.3, 0.4) is 0 Å². The number of carbonyl (C=O) groups is 1. The number of nitrogens with two attached hydrogens (primary N) is 1. The van der Waals surface area contributed by atoms with Crippen molar-refractivity contribution in [2.75, 3.05) is 19.4 Å². The molecule has 3 N–H and O–H groups in total. The fraction of sp³-hybridized carbons (Fsp3) is 0.214. The molecule has 0 aliphatic heterocycles. The van der Waals surface area contributed by atoms with Gasteiger partial charge >= 0.3 is 0 Å². The summed E-state index contributed by atoms with van der Waals surface area (Å²) in [7, 11) is 1.63. The predicted octanol–water partition coefficient (Wildman–Crippen LogP) is 1.04. The van der Waals surface area contributed by atoms with Crippen LogP contribution in [-0.2, 0) is 6.42 Å². The van der Waals surface area contributed by atoms with Gasteiger partial charge in [-0.05, 0) is 24.1 Å². The van der Waals surface area contributed by atoms with Crippen LogP contribution in [0.1, 0.15) is 16.1 Å². The number of rotatable bonds is 5. The third kappa shape index (κ3) is 3.44. The van der Waals surface area contributed by atoms with Crippen molar-refractivity contribution in [1.29, 1.82) is 0 Å². The molecule has 20 heavy (non-hydrogen) atoms. The van der Waals surface area contributed by atoms with Crippen molar-refractivity contribution in [3.63, 3.8) is 0 Å². The van der Waals surface area contributed by atoms with Gasteiger partial charge in [-0.2, -0.15) is 0 Å². The van der Waals surface area contributed by atoms with Crippen molar-refractivity contribution in [2.24, 2.45) is 0 Å². The van der Waals surface area contributed by atoms with Crippen molar-refractivity contribution in [1.82, 2.24) is 15.3 Å². The minimum absolute atomic E-state index is 0.134. The molecular weight excluding hydrogens is 256 g/mol. The van der Waals surface area contributed by atoms with E-state index in [0.717, 1.165) is 17.7 Å². The maximum atomic E-state index is 11.8. The van der Waals surface area contributed by atoms with E-state index in [0.29, 0.717) is 6.54 Å². The maximum Gasteiger partial charge on any atom is 0.273 e. The minimum atomic E-state index is -0.316. The molecule has 1 aromatic carbocycles. The molecule has 1 amide bonds. The molecule has 104 valence electrons. The van der Waals surface area contributed by atoms with E-state index in [4.69, 9.17) is 10.5 Å². The Morgan fingerprint density at radius 1 is 1.25 bits per heavy atom. The molecule has 0 saturated carbocycles. The fourth-order valence-corrected chi connectivity index (χ4v) is 1.72. The van der Waals surface area contributed by atoms with Crippen LogP contribution in [0.15, 0.2) is 36.7 Å². The molecule has 2 rings (SSSR count). The Morgan fingerprint density at radius 3 is 2.60 bits per heavy atom. The second-order valence-electron chi connectivity index (χ2n) is 4.14. The van der Waals surface area contributed by atoms with Crippen LogP contribution in [0.2, 0.25) is 0 Å². The zero-order chi connectivity index (χ0) is 14.4. The molecular formula is C14H16N4O2. The summed E-state index contributed by atoms with van der Waals surface area (Å²) in [4.78, 5) is 19.6. The number of nitrogens with zero attached hydrogens (tertiary/aromatic N) is 2. The lowest BCUT2D eigenvalue weighted by Crippen LogP contribution is -2.27. The van der Waals surface area contributed by atoms with E-state index < -0.39 is 0 Å². The van der Waals surface area contributed by atoms with Crippen molar-refractivity contribution in [3.8, 4) is 5.75 Å². The van der Waals surface area contributed by atoms with Gasteiger partial charge in [0.05, 0.1) is 7.11 Å². The molecule has 0 aliphatic rings. The van der Waals surface area contributed by atoms with E-state index in [9.17, 15) is 4.79 Å². The maximum absolute atomic E-state index is 11.8.